The number of sulfonamides is 2. The Hall–Kier alpha value is -3.08. The molecule has 190 valence electrons. The van der Waals surface area contributed by atoms with Crippen molar-refractivity contribution < 1.29 is 30.5 Å². The minimum absolute atomic E-state index is 0.00690. The topological polar surface area (TPSA) is 168 Å². The summed E-state index contributed by atoms with van der Waals surface area (Å²) in [7, 11) is 0.790. The van der Waals surface area contributed by atoms with Crippen molar-refractivity contribution in [2.24, 2.45) is 0 Å². The van der Waals surface area contributed by atoms with E-state index in [1.807, 2.05) is 9.44 Å². The number of nitro groups is 1. The first-order chi connectivity index (χ1) is 15.5. The van der Waals surface area contributed by atoms with Gasteiger partial charge in [0.1, 0.15) is 27.1 Å². The second-order valence-electron chi connectivity index (χ2n) is 7.07. The normalized spacial score (nSPS) is 11.4. The van der Waals surface area contributed by atoms with Crippen LogP contribution in [0.15, 0.2) is 34.1 Å². The number of nitrogens with one attached hydrogen (secondary N) is 2. The molecule has 4 N–H and O–H groups in total. The van der Waals surface area contributed by atoms with Gasteiger partial charge < -0.3 is 15.5 Å². The van der Waals surface area contributed by atoms with Crippen molar-refractivity contribution in [3.8, 4) is 0 Å². The predicted molar refractivity (Wildman–Crippen MR) is 125 cm³/mol. The molecule has 0 unspecified atom stereocenters. The van der Waals surface area contributed by atoms with Gasteiger partial charge in [0.15, 0.2) is 0 Å². The number of halogens is 2. The van der Waals surface area contributed by atoms with E-state index in [9.17, 15) is 35.7 Å². The van der Waals surface area contributed by atoms with E-state index in [0.29, 0.717) is 11.8 Å². The summed E-state index contributed by atoms with van der Waals surface area (Å²) in [6, 6.07) is 3.73. The van der Waals surface area contributed by atoms with Crippen molar-refractivity contribution in [1.82, 2.24) is 9.44 Å². The van der Waals surface area contributed by atoms with Crippen LogP contribution in [-0.2, 0) is 20.0 Å². The molecule has 2 aromatic carbocycles. The molecule has 2 rings (SSSR count). The number of nitrogen functional groups attached to an aromatic ring is 1. The van der Waals surface area contributed by atoms with Gasteiger partial charge in [-0.15, -0.1) is 0 Å². The molecule has 0 atom stereocenters. The Morgan fingerprint density at radius 3 is 1.56 bits per heavy atom. The SMILES string of the molecule is CNS(=O)(=O)c1cc(N)c(N(C)C)cc1F.CNS(=O)(=O)c1cc([N+](=O)[O-])c(N(C)C)cc1F. The molecule has 0 spiro atoms. The van der Waals surface area contributed by atoms with E-state index in [4.69, 9.17) is 5.73 Å². The van der Waals surface area contributed by atoms with Gasteiger partial charge in [0.2, 0.25) is 20.0 Å². The summed E-state index contributed by atoms with van der Waals surface area (Å²) >= 11 is 0. The van der Waals surface area contributed by atoms with Crippen molar-refractivity contribution in [1.29, 1.82) is 0 Å². The third-order valence-corrected chi connectivity index (χ3v) is 7.25. The highest BCUT2D eigenvalue weighted by molar-refractivity contribution is 7.89. The average molecular weight is 525 g/mol. The van der Waals surface area contributed by atoms with Crippen molar-refractivity contribution >= 4 is 42.8 Å². The lowest BCUT2D eigenvalue weighted by Gasteiger charge is -2.16. The quantitative estimate of drug-likeness (QED) is 0.273. The summed E-state index contributed by atoms with van der Waals surface area (Å²) in [6.07, 6.45) is 0. The van der Waals surface area contributed by atoms with Crippen LogP contribution in [0.5, 0.6) is 0 Å². The van der Waals surface area contributed by atoms with E-state index >= 15 is 0 Å². The summed E-state index contributed by atoms with van der Waals surface area (Å²) < 4.78 is 77.0. The lowest BCUT2D eigenvalue weighted by atomic mass is 10.2. The van der Waals surface area contributed by atoms with Crippen molar-refractivity contribution in [3.05, 3.63) is 46.0 Å². The highest BCUT2D eigenvalue weighted by Crippen LogP contribution is 2.31. The number of hydrogen-bond donors (Lipinski definition) is 3. The fraction of sp³-hybridized carbons (Fsp3) is 0.333. The number of nitrogens with zero attached hydrogens (tertiary/aromatic N) is 3. The molecule has 0 radical (unpaired) electrons. The summed E-state index contributed by atoms with van der Waals surface area (Å²) in [5, 5.41) is 10.8. The van der Waals surface area contributed by atoms with Gasteiger partial charge in [0.05, 0.1) is 16.3 Å². The zero-order valence-electron chi connectivity index (χ0n) is 19.3. The van der Waals surface area contributed by atoms with Gasteiger partial charge in [-0.05, 0) is 20.2 Å². The van der Waals surface area contributed by atoms with E-state index in [2.05, 4.69) is 0 Å². The summed E-state index contributed by atoms with van der Waals surface area (Å²) in [6.45, 7) is 0. The minimum atomic E-state index is -4.08. The zero-order valence-corrected chi connectivity index (χ0v) is 20.9. The van der Waals surface area contributed by atoms with E-state index in [0.717, 1.165) is 25.2 Å². The summed E-state index contributed by atoms with van der Waals surface area (Å²) in [5.41, 5.74) is 5.80. The lowest BCUT2D eigenvalue weighted by molar-refractivity contribution is -0.384. The molecule has 0 aromatic heterocycles. The molecule has 0 aliphatic carbocycles. The Kier molecular flexibility index (Phi) is 9.28. The first kappa shape index (κ1) is 29.0. The molecule has 0 aliphatic heterocycles. The van der Waals surface area contributed by atoms with Gasteiger partial charge in [0.25, 0.3) is 5.69 Å². The largest absolute Gasteiger partial charge is 0.397 e. The van der Waals surface area contributed by atoms with Crippen LogP contribution in [-0.4, -0.2) is 64.0 Å². The molecule has 0 aliphatic rings. The minimum Gasteiger partial charge on any atom is -0.397 e. The lowest BCUT2D eigenvalue weighted by Crippen LogP contribution is -2.21. The monoisotopic (exact) mass is 524 g/mol. The van der Waals surface area contributed by atoms with Crippen LogP contribution < -0.4 is 25.0 Å². The zero-order chi connectivity index (χ0) is 26.6. The molecule has 0 fully saturated rings. The number of rotatable bonds is 7. The van der Waals surface area contributed by atoms with Crippen LogP contribution in [0.25, 0.3) is 0 Å². The molecule has 2 aromatic rings. The van der Waals surface area contributed by atoms with Gasteiger partial charge in [-0.25, -0.2) is 35.1 Å². The van der Waals surface area contributed by atoms with Gasteiger partial charge in [0, 0.05) is 46.4 Å². The van der Waals surface area contributed by atoms with Gasteiger partial charge in [-0.3, -0.25) is 10.1 Å². The third-order valence-electron chi connectivity index (χ3n) is 4.39. The molecule has 0 amide bonds. The molecule has 16 heteroatoms. The maximum atomic E-state index is 13.7. The Morgan fingerprint density at radius 1 is 0.824 bits per heavy atom. The Labute approximate surface area is 196 Å². The van der Waals surface area contributed by atoms with Gasteiger partial charge >= 0.3 is 0 Å². The molecule has 0 saturated carbocycles. The smallest absolute Gasteiger partial charge is 0.294 e. The third kappa shape index (κ3) is 6.49. The second kappa shape index (κ2) is 10.9. The Balaban J connectivity index is 0.000000342. The average Bonchev–Trinajstić information content (AvgIpc) is 2.74. The number of anilines is 3. The number of benzene rings is 2. The van der Waals surface area contributed by atoms with Crippen LogP contribution in [0.1, 0.15) is 0 Å². The summed E-state index contributed by atoms with van der Waals surface area (Å²) in [4.78, 5) is 11.8. The first-order valence-electron chi connectivity index (χ1n) is 9.28. The first-order valence-corrected chi connectivity index (χ1v) is 12.3. The van der Waals surface area contributed by atoms with E-state index in [1.165, 1.54) is 26.0 Å². The Bertz CT molecular complexity index is 1280. The van der Waals surface area contributed by atoms with Crippen LogP contribution in [0.2, 0.25) is 0 Å². The molecule has 34 heavy (non-hydrogen) atoms. The summed E-state index contributed by atoms with van der Waals surface area (Å²) in [5.74, 6) is -1.87. The molecule has 0 saturated heterocycles. The van der Waals surface area contributed by atoms with Crippen LogP contribution >= 0.6 is 0 Å². The fourth-order valence-corrected chi connectivity index (χ4v) is 4.23. The second-order valence-corrected chi connectivity index (χ2v) is 10.8. The van der Waals surface area contributed by atoms with Crippen molar-refractivity contribution in [2.45, 2.75) is 9.79 Å². The highest BCUT2D eigenvalue weighted by Gasteiger charge is 2.26. The van der Waals surface area contributed by atoms with E-state index in [-0.39, 0.29) is 11.4 Å². The number of nitro benzene ring substituents is 1. The van der Waals surface area contributed by atoms with Crippen LogP contribution in [0.3, 0.4) is 0 Å². The molecule has 12 nitrogen and oxygen atoms in total. The highest BCUT2D eigenvalue weighted by atomic mass is 32.2. The van der Waals surface area contributed by atoms with Gasteiger partial charge in [-0.2, -0.15) is 0 Å². The van der Waals surface area contributed by atoms with E-state index in [1.54, 1.807) is 19.0 Å². The van der Waals surface area contributed by atoms with Crippen molar-refractivity contribution in [2.75, 3.05) is 57.8 Å². The maximum Gasteiger partial charge on any atom is 0.294 e. The maximum absolute atomic E-state index is 13.7. The van der Waals surface area contributed by atoms with Crippen molar-refractivity contribution in [3.63, 3.8) is 0 Å². The number of hydrogen-bond acceptors (Lipinski definition) is 9. The van der Waals surface area contributed by atoms with Crippen LogP contribution in [0, 0.1) is 21.7 Å². The van der Waals surface area contributed by atoms with Crippen LogP contribution in [0.4, 0.5) is 31.5 Å². The van der Waals surface area contributed by atoms with Gasteiger partial charge in [-0.1, -0.05) is 0 Å². The predicted octanol–water partition coefficient (Wildman–Crippen LogP) is 1.09. The molecular formula is C18H26F2N6O6S2. The fourth-order valence-electron chi connectivity index (χ4n) is 2.61. The molecule has 0 bridgehead atoms. The molecular weight excluding hydrogens is 498 g/mol. The molecule has 0 heterocycles. The number of nitrogens with two attached hydrogens (primary N) is 1. The Morgan fingerprint density at radius 2 is 1.21 bits per heavy atom. The van der Waals surface area contributed by atoms with E-state index < -0.39 is 52.1 Å². The standard InChI is InChI=1S/C9H12FN3O4S.C9H14FN3O2S/c1-11-18(16,17)9-5-8(13(14)15)7(12(2)3)4-6(9)10;1-12-16(14,15)9-5-7(11)8(13(2)3)4-6(9)10/h4-5,11H,1-3H3;4-5,12H,11H2,1-3H3.